The van der Waals surface area contributed by atoms with Gasteiger partial charge in [-0.1, -0.05) is 47.7 Å². The quantitative estimate of drug-likeness (QED) is 0.262. The van der Waals surface area contributed by atoms with Crippen molar-refractivity contribution in [3.8, 4) is 11.5 Å². The third kappa shape index (κ3) is 6.17. The molecule has 4 aromatic carbocycles. The molecule has 0 aliphatic carbocycles. The summed E-state index contributed by atoms with van der Waals surface area (Å²) in [6.07, 6.45) is 0. The van der Waals surface area contributed by atoms with Gasteiger partial charge in [0.2, 0.25) is 5.91 Å². The highest BCUT2D eigenvalue weighted by molar-refractivity contribution is 5.98. The predicted octanol–water partition coefficient (Wildman–Crippen LogP) is 5.00. The SMILES string of the molecule is COc1ccc(NC(=O)C(c2ccc(OC)cc2)N(Cc2ccccc2F)C(=O)Cn2nnc3ccccc32)cc1. The molecule has 0 fully saturated rings. The van der Waals surface area contributed by atoms with Gasteiger partial charge in [0, 0.05) is 17.8 Å². The lowest BCUT2D eigenvalue weighted by molar-refractivity contribution is -0.140. The van der Waals surface area contributed by atoms with E-state index in [2.05, 4.69) is 15.6 Å². The third-order valence-electron chi connectivity index (χ3n) is 6.67. The number of ether oxygens (including phenoxy) is 2. The number of aromatic nitrogens is 3. The van der Waals surface area contributed by atoms with Gasteiger partial charge in [-0.3, -0.25) is 9.59 Å². The minimum Gasteiger partial charge on any atom is -0.497 e. The molecule has 0 saturated heterocycles. The molecular formula is C31H28FN5O4. The lowest BCUT2D eigenvalue weighted by Gasteiger charge is -2.32. The summed E-state index contributed by atoms with van der Waals surface area (Å²) >= 11 is 0. The zero-order valence-corrected chi connectivity index (χ0v) is 22.5. The molecule has 1 unspecified atom stereocenters. The van der Waals surface area contributed by atoms with Crippen molar-refractivity contribution in [1.29, 1.82) is 0 Å². The molecule has 9 nitrogen and oxygen atoms in total. The van der Waals surface area contributed by atoms with Crippen LogP contribution in [0.1, 0.15) is 17.2 Å². The van der Waals surface area contributed by atoms with Crippen LogP contribution in [0.15, 0.2) is 97.1 Å². The van der Waals surface area contributed by atoms with Gasteiger partial charge in [-0.25, -0.2) is 9.07 Å². The van der Waals surface area contributed by atoms with E-state index in [9.17, 15) is 14.0 Å². The molecule has 0 saturated carbocycles. The van der Waals surface area contributed by atoms with Crippen LogP contribution < -0.4 is 14.8 Å². The Morgan fingerprint density at radius 3 is 2.20 bits per heavy atom. The predicted molar refractivity (Wildman–Crippen MR) is 152 cm³/mol. The monoisotopic (exact) mass is 553 g/mol. The average Bonchev–Trinajstić information content (AvgIpc) is 3.41. The van der Waals surface area contributed by atoms with Gasteiger partial charge in [0.15, 0.2) is 0 Å². The molecule has 41 heavy (non-hydrogen) atoms. The highest BCUT2D eigenvalue weighted by atomic mass is 19.1. The summed E-state index contributed by atoms with van der Waals surface area (Å²) in [7, 11) is 3.09. The van der Waals surface area contributed by atoms with Crippen LogP contribution in [0.5, 0.6) is 11.5 Å². The Hall–Kier alpha value is -5.25. The van der Waals surface area contributed by atoms with Crippen LogP contribution in [0.25, 0.3) is 11.0 Å². The molecule has 0 aliphatic heterocycles. The van der Waals surface area contributed by atoms with E-state index in [0.29, 0.717) is 33.8 Å². The first-order valence-corrected chi connectivity index (χ1v) is 12.9. The number of methoxy groups -OCH3 is 2. The van der Waals surface area contributed by atoms with Crippen molar-refractivity contribution in [2.75, 3.05) is 19.5 Å². The van der Waals surface area contributed by atoms with Gasteiger partial charge in [-0.2, -0.15) is 0 Å². The van der Waals surface area contributed by atoms with Crippen LogP contribution in [0.2, 0.25) is 0 Å². The van der Waals surface area contributed by atoms with Gasteiger partial charge in [-0.05, 0) is 60.2 Å². The van der Waals surface area contributed by atoms with Gasteiger partial charge in [0.1, 0.15) is 35.4 Å². The molecule has 1 aromatic heterocycles. The minimum atomic E-state index is -1.12. The largest absolute Gasteiger partial charge is 0.497 e. The van der Waals surface area contributed by atoms with Gasteiger partial charge >= 0.3 is 0 Å². The second kappa shape index (κ2) is 12.3. The molecule has 5 aromatic rings. The normalized spacial score (nSPS) is 11.6. The number of nitrogens with one attached hydrogen (secondary N) is 1. The Bertz CT molecular complexity index is 1650. The Balaban J connectivity index is 1.55. The van der Waals surface area contributed by atoms with Crippen LogP contribution in [0.4, 0.5) is 10.1 Å². The van der Waals surface area contributed by atoms with Crippen molar-refractivity contribution in [3.63, 3.8) is 0 Å². The van der Waals surface area contributed by atoms with Crippen molar-refractivity contribution < 1.29 is 23.5 Å². The van der Waals surface area contributed by atoms with Crippen molar-refractivity contribution >= 4 is 28.5 Å². The fourth-order valence-electron chi connectivity index (χ4n) is 4.53. The summed E-state index contributed by atoms with van der Waals surface area (Å²) in [5.41, 5.74) is 2.58. The van der Waals surface area contributed by atoms with E-state index in [0.717, 1.165) is 0 Å². The molecule has 0 bridgehead atoms. The van der Waals surface area contributed by atoms with E-state index in [-0.39, 0.29) is 18.7 Å². The van der Waals surface area contributed by atoms with Crippen molar-refractivity contribution in [3.05, 3.63) is 114 Å². The third-order valence-corrected chi connectivity index (χ3v) is 6.67. The van der Waals surface area contributed by atoms with E-state index in [1.807, 2.05) is 12.1 Å². The Morgan fingerprint density at radius 2 is 1.51 bits per heavy atom. The van der Waals surface area contributed by atoms with E-state index in [4.69, 9.17) is 9.47 Å². The van der Waals surface area contributed by atoms with Crippen molar-refractivity contribution in [2.45, 2.75) is 19.1 Å². The van der Waals surface area contributed by atoms with Gasteiger partial charge in [0.05, 0.1) is 19.7 Å². The number of para-hydroxylation sites is 1. The first-order valence-electron chi connectivity index (χ1n) is 12.9. The molecule has 2 amide bonds. The lowest BCUT2D eigenvalue weighted by Crippen LogP contribution is -2.42. The Labute approximate surface area is 236 Å². The number of fused-ring (bicyclic) bond motifs is 1. The molecule has 1 N–H and O–H groups in total. The Morgan fingerprint density at radius 1 is 0.878 bits per heavy atom. The average molecular weight is 554 g/mol. The van der Waals surface area contributed by atoms with Gasteiger partial charge in [-0.15, -0.1) is 5.10 Å². The van der Waals surface area contributed by atoms with E-state index >= 15 is 0 Å². The first kappa shape index (κ1) is 27.3. The van der Waals surface area contributed by atoms with Crippen LogP contribution in [0.3, 0.4) is 0 Å². The van der Waals surface area contributed by atoms with E-state index < -0.39 is 23.7 Å². The van der Waals surface area contributed by atoms with Crippen molar-refractivity contribution in [2.24, 2.45) is 0 Å². The van der Waals surface area contributed by atoms with Crippen LogP contribution >= 0.6 is 0 Å². The number of nitrogens with zero attached hydrogens (tertiary/aromatic N) is 4. The second-order valence-electron chi connectivity index (χ2n) is 9.24. The molecule has 5 rings (SSSR count). The summed E-state index contributed by atoms with van der Waals surface area (Å²) in [4.78, 5) is 29.4. The maximum Gasteiger partial charge on any atom is 0.251 e. The number of carbonyl (C=O) groups excluding carboxylic acids is 2. The van der Waals surface area contributed by atoms with Crippen LogP contribution in [0, 0.1) is 5.82 Å². The first-order chi connectivity index (χ1) is 20.0. The molecule has 0 radical (unpaired) electrons. The standard InChI is InChI=1S/C31H28FN5O4/c1-40-24-15-11-21(12-16-24)30(31(39)33-23-13-17-25(41-2)18-14-23)36(19-22-7-3-4-8-26(22)32)29(38)20-37-28-10-6-5-9-27(28)34-35-37/h3-18,30H,19-20H2,1-2H3,(H,33,39). The molecule has 1 atom stereocenters. The number of rotatable bonds is 10. The molecule has 0 spiro atoms. The molecular weight excluding hydrogens is 525 g/mol. The van der Waals surface area contributed by atoms with E-state index in [1.54, 1.807) is 93.1 Å². The summed E-state index contributed by atoms with van der Waals surface area (Å²) < 4.78 is 26.9. The fraction of sp³-hybridized carbons (Fsp3) is 0.161. The Kier molecular flexibility index (Phi) is 8.19. The number of carbonyl (C=O) groups is 2. The highest BCUT2D eigenvalue weighted by Crippen LogP contribution is 2.29. The number of anilines is 1. The minimum absolute atomic E-state index is 0.162. The van der Waals surface area contributed by atoms with Crippen molar-refractivity contribution in [1.82, 2.24) is 19.9 Å². The summed E-state index contributed by atoms with van der Waals surface area (Å²) in [5.74, 6) is -0.195. The number of amides is 2. The van der Waals surface area contributed by atoms with Gasteiger partial charge < -0.3 is 19.7 Å². The number of hydrogen-bond acceptors (Lipinski definition) is 6. The zero-order chi connectivity index (χ0) is 28.8. The number of benzene rings is 4. The number of hydrogen-bond donors (Lipinski definition) is 1. The summed E-state index contributed by atoms with van der Waals surface area (Å²) in [6.45, 7) is -0.373. The lowest BCUT2D eigenvalue weighted by atomic mass is 10.0. The topological polar surface area (TPSA) is 98.6 Å². The maximum absolute atomic E-state index is 14.9. The maximum atomic E-state index is 14.9. The highest BCUT2D eigenvalue weighted by Gasteiger charge is 2.33. The molecule has 0 aliphatic rings. The molecule has 1 heterocycles. The van der Waals surface area contributed by atoms with Gasteiger partial charge in [0.25, 0.3) is 5.91 Å². The fourth-order valence-corrected chi connectivity index (χ4v) is 4.53. The van der Waals surface area contributed by atoms with Crippen LogP contribution in [-0.4, -0.2) is 45.9 Å². The second-order valence-corrected chi connectivity index (χ2v) is 9.24. The zero-order valence-electron chi connectivity index (χ0n) is 22.5. The van der Waals surface area contributed by atoms with Crippen LogP contribution in [-0.2, 0) is 22.7 Å². The summed E-state index contributed by atoms with van der Waals surface area (Å²) in [6, 6.07) is 26.0. The number of halogens is 1. The summed E-state index contributed by atoms with van der Waals surface area (Å²) in [5, 5.41) is 11.2. The molecule has 208 valence electrons. The van der Waals surface area contributed by atoms with E-state index in [1.165, 1.54) is 15.6 Å². The smallest absolute Gasteiger partial charge is 0.251 e. The molecule has 10 heteroatoms.